The first-order valence-electron chi connectivity index (χ1n) is 6.63. The summed E-state index contributed by atoms with van der Waals surface area (Å²) < 4.78 is 13.0. The van der Waals surface area contributed by atoms with Crippen molar-refractivity contribution in [1.29, 1.82) is 0 Å². The smallest absolute Gasteiger partial charge is 0.273 e. The molecule has 0 spiro atoms. The number of aromatic nitrogens is 1. The van der Waals surface area contributed by atoms with Crippen molar-refractivity contribution >= 4 is 29.6 Å². The fourth-order valence-electron chi connectivity index (χ4n) is 2.11. The van der Waals surface area contributed by atoms with Crippen LogP contribution < -0.4 is 10.2 Å². The van der Waals surface area contributed by atoms with E-state index in [0.29, 0.717) is 5.56 Å². The van der Waals surface area contributed by atoms with Crippen molar-refractivity contribution < 1.29 is 18.8 Å². The fourth-order valence-corrected chi connectivity index (χ4v) is 2.11. The van der Waals surface area contributed by atoms with Crippen LogP contribution in [0.25, 0.3) is 6.08 Å². The molecular weight excluding hydrogens is 301 g/mol. The average molecular weight is 311 g/mol. The number of carbonyl (C=O) groups is 3. The lowest BCUT2D eigenvalue weighted by Gasteiger charge is -2.26. The molecule has 1 aliphatic heterocycles. The quantitative estimate of drug-likeness (QED) is 0.678. The first-order chi connectivity index (χ1) is 11.1. The Morgan fingerprint density at radius 1 is 1.00 bits per heavy atom. The molecule has 1 aliphatic rings. The van der Waals surface area contributed by atoms with Crippen LogP contribution in [0.4, 0.5) is 14.9 Å². The molecule has 0 unspecified atom stereocenters. The maximum absolute atomic E-state index is 13.0. The number of imide groups is 2. The molecule has 0 bridgehead atoms. The number of barbiturate groups is 1. The summed E-state index contributed by atoms with van der Waals surface area (Å²) in [5, 5.41) is 2.09. The predicted molar refractivity (Wildman–Crippen MR) is 79.6 cm³/mol. The van der Waals surface area contributed by atoms with Crippen LogP contribution in [0.1, 0.15) is 5.56 Å². The minimum absolute atomic E-state index is 0.169. The van der Waals surface area contributed by atoms with Crippen LogP contribution in [-0.4, -0.2) is 22.8 Å². The molecule has 2 aromatic rings. The van der Waals surface area contributed by atoms with Gasteiger partial charge in [-0.3, -0.25) is 19.9 Å². The van der Waals surface area contributed by atoms with Crippen LogP contribution in [0.15, 0.2) is 54.4 Å². The lowest BCUT2D eigenvalue weighted by atomic mass is 10.1. The molecule has 114 valence electrons. The first kappa shape index (κ1) is 14.6. The molecule has 0 radical (unpaired) electrons. The summed E-state index contributed by atoms with van der Waals surface area (Å²) in [7, 11) is 0. The molecule has 2 heterocycles. The number of carbonyl (C=O) groups excluding carboxylic acids is 3. The lowest BCUT2D eigenvalue weighted by molar-refractivity contribution is -0.122. The van der Waals surface area contributed by atoms with Gasteiger partial charge in [-0.2, -0.15) is 0 Å². The van der Waals surface area contributed by atoms with Crippen LogP contribution in [0.2, 0.25) is 0 Å². The van der Waals surface area contributed by atoms with Gasteiger partial charge in [-0.25, -0.2) is 14.1 Å². The van der Waals surface area contributed by atoms with Crippen molar-refractivity contribution in [2.75, 3.05) is 4.90 Å². The highest BCUT2D eigenvalue weighted by Gasteiger charge is 2.36. The van der Waals surface area contributed by atoms with E-state index in [1.807, 2.05) is 0 Å². The van der Waals surface area contributed by atoms with Crippen molar-refractivity contribution in [3.63, 3.8) is 0 Å². The van der Waals surface area contributed by atoms with Crippen molar-refractivity contribution in [2.45, 2.75) is 0 Å². The van der Waals surface area contributed by atoms with Crippen molar-refractivity contribution in [3.05, 3.63) is 65.7 Å². The summed E-state index contributed by atoms with van der Waals surface area (Å²) in [4.78, 5) is 41.0. The molecule has 1 saturated heterocycles. The van der Waals surface area contributed by atoms with Gasteiger partial charge < -0.3 is 0 Å². The van der Waals surface area contributed by atoms with Gasteiger partial charge in [0.1, 0.15) is 11.4 Å². The number of benzene rings is 1. The highest BCUT2D eigenvalue weighted by molar-refractivity contribution is 6.39. The van der Waals surface area contributed by atoms with E-state index >= 15 is 0 Å². The zero-order valence-corrected chi connectivity index (χ0v) is 11.7. The monoisotopic (exact) mass is 311 g/mol. The number of nitrogens with zero attached hydrogens (tertiary/aromatic N) is 2. The standard InChI is InChI=1S/C16H10FN3O3/c17-11-1-3-12(4-2-11)20-15(22)13(14(21)19-16(20)23)9-10-5-7-18-8-6-10/h1-9H,(H,19,21,23)/b13-9+. The Labute approximate surface area is 130 Å². The van der Waals surface area contributed by atoms with Crippen LogP contribution in [0.5, 0.6) is 0 Å². The highest BCUT2D eigenvalue weighted by Crippen LogP contribution is 2.21. The molecule has 0 aliphatic carbocycles. The lowest BCUT2D eigenvalue weighted by Crippen LogP contribution is -2.54. The number of rotatable bonds is 2. The van der Waals surface area contributed by atoms with Crippen LogP contribution >= 0.6 is 0 Å². The minimum atomic E-state index is -0.876. The van der Waals surface area contributed by atoms with E-state index in [9.17, 15) is 18.8 Å². The third-order valence-corrected chi connectivity index (χ3v) is 3.20. The zero-order valence-electron chi connectivity index (χ0n) is 11.7. The third kappa shape index (κ3) is 2.84. The maximum Gasteiger partial charge on any atom is 0.335 e. The summed E-state index contributed by atoms with van der Waals surface area (Å²) in [6.45, 7) is 0. The van der Waals surface area contributed by atoms with E-state index < -0.39 is 23.7 Å². The number of amides is 4. The van der Waals surface area contributed by atoms with E-state index in [1.165, 1.54) is 30.6 Å². The Balaban J connectivity index is 2.01. The number of anilines is 1. The van der Waals surface area contributed by atoms with Gasteiger partial charge in [0, 0.05) is 12.4 Å². The second-order valence-corrected chi connectivity index (χ2v) is 4.71. The Hall–Kier alpha value is -3.35. The molecule has 1 fully saturated rings. The van der Waals surface area contributed by atoms with E-state index in [1.54, 1.807) is 12.1 Å². The van der Waals surface area contributed by atoms with Gasteiger partial charge in [-0.15, -0.1) is 0 Å². The molecular formula is C16H10FN3O3. The molecule has 1 N–H and O–H groups in total. The molecule has 7 heteroatoms. The number of halogens is 1. The van der Waals surface area contributed by atoms with Gasteiger partial charge in [0.15, 0.2) is 0 Å². The molecule has 23 heavy (non-hydrogen) atoms. The molecule has 0 atom stereocenters. The summed E-state index contributed by atoms with van der Waals surface area (Å²) in [5.74, 6) is -2.06. The van der Waals surface area contributed by atoms with E-state index in [0.717, 1.165) is 17.0 Å². The first-order valence-corrected chi connectivity index (χ1v) is 6.63. The van der Waals surface area contributed by atoms with Gasteiger partial charge in [0.2, 0.25) is 0 Å². The zero-order chi connectivity index (χ0) is 16.4. The number of nitrogens with one attached hydrogen (secondary N) is 1. The molecule has 0 saturated carbocycles. The van der Waals surface area contributed by atoms with E-state index in [-0.39, 0.29) is 11.3 Å². The molecule has 1 aromatic heterocycles. The SMILES string of the molecule is O=C1NC(=O)N(c2ccc(F)cc2)C(=O)/C1=C/c1ccncc1. The van der Waals surface area contributed by atoms with Crippen molar-refractivity contribution in [3.8, 4) is 0 Å². The van der Waals surface area contributed by atoms with Gasteiger partial charge >= 0.3 is 6.03 Å². The van der Waals surface area contributed by atoms with Crippen molar-refractivity contribution in [1.82, 2.24) is 10.3 Å². The summed E-state index contributed by atoms with van der Waals surface area (Å²) >= 11 is 0. The molecule has 4 amide bonds. The largest absolute Gasteiger partial charge is 0.335 e. The second-order valence-electron chi connectivity index (χ2n) is 4.71. The normalized spacial score (nSPS) is 16.7. The predicted octanol–water partition coefficient (Wildman–Crippen LogP) is 1.89. The molecule has 6 nitrogen and oxygen atoms in total. The summed E-state index contributed by atoms with van der Waals surface area (Å²) in [5.41, 5.74) is 0.564. The minimum Gasteiger partial charge on any atom is -0.273 e. The molecule has 1 aromatic carbocycles. The maximum atomic E-state index is 13.0. The van der Waals surface area contributed by atoms with Gasteiger partial charge in [-0.1, -0.05) is 0 Å². The Kier molecular flexibility index (Phi) is 3.68. The summed E-state index contributed by atoms with van der Waals surface area (Å²) in [6.07, 6.45) is 4.39. The summed E-state index contributed by atoms with van der Waals surface area (Å²) in [6, 6.07) is 7.17. The number of hydrogen-bond donors (Lipinski definition) is 1. The van der Waals surface area contributed by atoms with Crippen molar-refractivity contribution in [2.24, 2.45) is 0 Å². The van der Waals surface area contributed by atoms with Gasteiger partial charge in [0.05, 0.1) is 5.69 Å². The molecule has 3 rings (SSSR count). The highest BCUT2D eigenvalue weighted by atomic mass is 19.1. The number of urea groups is 1. The Bertz CT molecular complexity index is 816. The van der Waals surface area contributed by atoms with Crippen LogP contribution in [0.3, 0.4) is 0 Å². The number of hydrogen-bond acceptors (Lipinski definition) is 4. The fraction of sp³-hybridized carbons (Fsp3) is 0. The van der Waals surface area contributed by atoms with E-state index in [2.05, 4.69) is 10.3 Å². The Morgan fingerprint density at radius 2 is 1.65 bits per heavy atom. The van der Waals surface area contributed by atoms with Gasteiger partial charge in [0.25, 0.3) is 11.8 Å². The second kappa shape index (κ2) is 5.80. The van der Waals surface area contributed by atoms with Gasteiger partial charge in [-0.05, 0) is 48.0 Å². The van der Waals surface area contributed by atoms with E-state index in [4.69, 9.17) is 0 Å². The Morgan fingerprint density at radius 3 is 2.30 bits per heavy atom. The van der Waals surface area contributed by atoms with Crippen LogP contribution in [-0.2, 0) is 9.59 Å². The van der Waals surface area contributed by atoms with Crippen LogP contribution in [0, 0.1) is 5.82 Å². The third-order valence-electron chi connectivity index (χ3n) is 3.20. The average Bonchev–Trinajstić information content (AvgIpc) is 2.54. The topological polar surface area (TPSA) is 79.4 Å². The number of pyridine rings is 1.